The van der Waals surface area contributed by atoms with Gasteiger partial charge in [-0.05, 0) is 23.3 Å². The van der Waals surface area contributed by atoms with Crippen LogP contribution in [-0.4, -0.2) is 5.54 Å². The van der Waals surface area contributed by atoms with Crippen molar-refractivity contribution < 1.29 is 0 Å². The fraction of sp³-hybridized carbons (Fsp3) is 0.750. The molecule has 0 aromatic rings. The monoisotopic (exact) mass is 149 g/mol. The summed E-state index contributed by atoms with van der Waals surface area (Å²) >= 11 is 0. The Kier molecular flexibility index (Phi) is 1.10. The summed E-state index contributed by atoms with van der Waals surface area (Å²) < 4.78 is 0. The maximum absolute atomic E-state index is 8.34. The summed E-state index contributed by atoms with van der Waals surface area (Å²) in [5.74, 6) is 1.99. The SMILES string of the molecule is C[C@H]1C2C=CC(C)(N=[N+]=[N-])C21. The average Bonchev–Trinajstić information content (AvgIpc) is 2.44. The lowest BCUT2D eigenvalue weighted by atomic mass is 9.98. The molecule has 0 amide bonds. The summed E-state index contributed by atoms with van der Waals surface area (Å²) in [6, 6.07) is 0. The standard InChI is InChI=1S/C8H11N3/c1-5-6-3-4-8(2,7(5)6)10-11-9/h3-7H,1-2H3/t5-,6?,7?,8?/m0/s1. The minimum atomic E-state index is -0.223. The predicted molar refractivity (Wildman–Crippen MR) is 42.8 cm³/mol. The third-order valence-corrected chi connectivity index (χ3v) is 3.04. The quantitative estimate of drug-likeness (QED) is 0.238. The largest absolute Gasteiger partial charge is 0.0841 e. The third-order valence-electron chi connectivity index (χ3n) is 3.04. The van der Waals surface area contributed by atoms with Crippen LogP contribution in [0.15, 0.2) is 17.3 Å². The summed E-state index contributed by atoms with van der Waals surface area (Å²) in [4.78, 5) is 2.87. The zero-order chi connectivity index (χ0) is 8.06. The number of hydrogen-bond donors (Lipinski definition) is 0. The maximum Gasteiger partial charge on any atom is 0.0676 e. The molecule has 0 aromatic carbocycles. The first-order chi connectivity index (χ1) is 5.19. The Morgan fingerprint density at radius 1 is 1.64 bits per heavy atom. The third kappa shape index (κ3) is 0.717. The lowest BCUT2D eigenvalue weighted by Crippen LogP contribution is -2.19. The Balaban J connectivity index is 2.29. The normalized spacial score (nSPS) is 51.6. The second-order valence-corrected chi connectivity index (χ2v) is 3.74. The Hall–Kier alpha value is -0.950. The van der Waals surface area contributed by atoms with E-state index in [2.05, 4.69) is 23.0 Å². The first-order valence-corrected chi connectivity index (χ1v) is 3.94. The van der Waals surface area contributed by atoms with E-state index in [9.17, 15) is 0 Å². The molecule has 0 aliphatic heterocycles. The molecule has 11 heavy (non-hydrogen) atoms. The van der Waals surface area contributed by atoms with Crippen molar-refractivity contribution in [3.8, 4) is 0 Å². The molecule has 3 unspecified atom stereocenters. The van der Waals surface area contributed by atoms with Crippen LogP contribution in [0.25, 0.3) is 10.4 Å². The molecule has 2 aliphatic rings. The van der Waals surface area contributed by atoms with E-state index in [-0.39, 0.29) is 5.54 Å². The highest BCUT2D eigenvalue weighted by molar-refractivity contribution is 5.29. The fourth-order valence-electron chi connectivity index (χ4n) is 2.32. The molecule has 0 heterocycles. The Bertz CT molecular complexity index is 265. The molecular formula is C8H11N3. The number of hydrogen-bond acceptors (Lipinski definition) is 1. The summed E-state index contributed by atoms with van der Waals surface area (Å²) in [5.41, 5.74) is 8.12. The molecule has 0 bridgehead atoms. The van der Waals surface area contributed by atoms with Crippen molar-refractivity contribution in [3.63, 3.8) is 0 Å². The lowest BCUT2D eigenvalue weighted by Gasteiger charge is -2.16. The minimum absolute atomic E-state index is 0.223. The van der Waals surface area contributed by atoms with Crippen LogP contribution in [0, 0.1) is 17.8 Å². The first kappa shape index (κ1) is 6.74. The van der Waals surface area contributed by atoms with Crippen LogP contribution in [0.3, 0.4) is 0 Å². The molecule has 2 aliphatic carbocycles. The van der Waals surface area contributed by atoms with Gasteiger partial charge in [0.05, 0.1) is 5.54 Å². The van der Waals surface area contributed by atoms with Crippen LogP contribution >= 0.6 is 0 Å². The predicted octanol–water partition coefficient (Wildman–Crippen LogP) is 2.51. The smallest absolute Gasteiger partial charge is 0.0676 e. The van der Waals surface area contributed by atoms with Crippen LogP contribution in [-0.2, 0) is 0 Å². The Morgan fingerprint density at radius 3 is 2.82 bits per heavy atom. The molecule has 0 saturated heterocycles. The highest BCUT2D eigenvalue weighted by atomic mass is 15.2. The van der Waals surface area contributed by atoms with Crippen LogP contribution < -0.4 is 0 Å². The van der Waals surface area contributed by atoms with Gasteiger partial charge in [0.2, 0.25) is 0 Å². The molecule has 0 radical (unpaired) electrons. The fourth-order valence-corrected chi connectivity index (χ4v) is 2.32. The Labute approximate surface area is 65.7 Å². The van der Waals surface area contributed by atoms with Crippen LogP contribution in [0.4, 0.5) is 0 Å². The van der Waals surface area contributed by atoms with Gasteiger partial charge in [-0.3, -0.25) is 0 Å². The lowest BCUT2D eigenvalue weighted by molar-refractivity contribution is 0.488. The molecule has 3 nitrogen and oxygen atoms in total. The van der Waals surface area contributed by atoms with E-state index in [0.717, 1.165) is 5.92 Å². The van der Waals surface area contributed by atoms with E-state index in [4.69, 9.17) is 5.53 Å². The molecule has 2 rings (SSSR count). The van der Waals surface area contributed by atoms with E-state index in [0.29, 0.717) is 11.8 Å². The highest BCUT2D eigenvalue weighted by Gasteiger charge is 2.57. The average molecular weight is 149 g/mol. The van der Waals surface area contributed by atoms with Gasteiger partial charge in [-0.2, -0.15) is 0 Å². The number of nitrogens with zero attached hydrogens (tertiary/aromatic N) is 3. The molecular weight excluding hydrogens is 138 g/mol. The summed E-state index contributed by atoms with van der Waals surface area (Å²) in [6.45, 7) is 4.22. The van der Waals surface area contributed by atoms with Gasteiger partial charge in [-0.15, -0.1) is 0 Å². The summed E-state index contributed by atoms with van der Waals surface area (Å²) in [6.07, 6.45) is 4.23. The van der Waals surface area contributed by atoms with E-state index in [1.54, 1.807) is 0 Å². The molecule has 58 valence electrons. The number of azide groups is 1. The highest BCUT2D eigenvalue weighted by Crippen LogP contribution is 2.59. The van der Waals surface area contributed by atoms with Crippen LogP contribution in [0.1, 0.15) is 13.8 Å². The molecule has 0 spiro atoms. The van der Waals surface area contributed by atoms with Crippen molar-refractivity contribution in [2.75, 3.05) is 0 Å². The van der Waals surface area contributed by atoms with Crippen molar-refractivity contribution in [1.82, 2.24) is 0 Å². The van der Waals surface area contributed by atoms with E-state index in [1.165, 1.54) is 0 Å². The number of allylic oxidation sites excluding steroid dienone is 1. The zero-order valence-electron chi connectivity index (χ0n) is 6.73. The summed E-state index contributed by atoms with van der Waals surface area (Å²) in [5, 5.41) is 3.82. The number of rotatable bonds is 1. The Morgan fingerprint density at radius 2 is 2.36 bits per heavy atom. The van der Waals surface area contributed by atoms with Crippen molar-refractivity contribution in [3.05, 3.63) is 22.6 Å². The van der Waals surface area contributed by atoms with Gasteiger partial charge in [-0.25, -0.2) is 0 Å². The van der Waals surface area contributed by atoms with Gasteiger partial charge in [0.15, 0.2) is 0 Å². The number of fused-ring (bicyclic) bond motifs is 1. The molecule has 0 aromatic heterocycles. The van der Waals surface area contributed by atoms with Crippen molar-refractivity contribution in [2.24, 2.45) is 22.9 Å². The second-order valence-electron chi connectivity index (χ2n) is 3.74. The van der Waals surface area contributed by atoms with Crippen molar-refractivity contribution >= 4 is 0 Å². The summed E-state index contributed by atoms with van der Waals surface area (Å²) in [7, 11) is 0. The van der Waals surface area contributed by atoms with Gasteiger partial charge in [-0.1, -0.05) is 31.1 Å². The topological polar surface area (TPSA) is 48.8 Å². The van der Waals surface area contributed by atoms with Crippen molar-refractivity contribution in [2.45, 2.75) is 19.4 Å². The van der Waals surface area contributed by atoms with Gasteiger partial charge >= 0.3 is 0 Å². The molecule has 1 fully saturated rings. The maximum atomic E-state index is 8.34. The van der Waals surface area contributed by atoms with Gasteiger partial charge in [0.1, 0.15) is 0 Å². The van der Waals surface area contributed by atoms with Gasteiger partial charge < -0.3 is 0 Å². The van der Waals surface area contributed by atoms with E-state index < -0.39 is 0 Å². The second kappa shape index (κ2) is 1.80. The minimum Gasteiger partial charge on any atom is -0.0841 e. The van der Waals surface area contributed by atoms with Crippen molar-refractivity contribution in [1.29, 1.82) is 0 Å². The molecule has 4 atom stereocenters. The van der Waals surface area contributed by atoms with Crippen LogP contribution in [0.2, 0.25) is 0 Å². The van der Waals surface area contributed by atoms with Gasteiger partial charge in [0.25, 0.3) is 0 Å². The molecule has 0 N–H and O–H groups in total. The molecule has 3 heteroatoms. The van der Waals surface area contributed by atoms with Crippen LogP contribution in [0.5, 0.6) is 0 Å². The zero-order valence-corrected chi connectivity index (χ0v) is 6.73. The first-order valence-electron chi connectivity index (χ1n) is 3.94. The van der Waals surface area contributed by atoms with E-state index >= 15 is 0 Å². The van der Waals surface area contributed by atoms with Gasteiger partial charge in [0, 0.05) is 4.91 Å². The van der Waals surface area contributed by atoms with E-state index in [1.807, 2.05) is 13.0 Å². The molecule has 1 saturated carbocycles.